The van der Waals surface area contributed by atoms with Crippen LogP contribution < -0.4 is 10.4 Å². The highest BCUT2D eigenvalue weighted by Gasteiger charge is 2.17. The number of rotatable bonds is 3. The molecule has 1 nitrogen and oxygen atoms in total. The molecule has 0 aliphatic rings. The van der Waals surface area contributed by atoms with Crippen molar-refractivity contribution in [3.05, 3.63) is 42.6 Å². The van der Waals surface area contributed by atoms with Gasteiger partial charge in [0.2, 0.25) is 0 Å². The summed E-state index contributed by atoms with van der Waals surface area (Å²) in [4.78, 5) is 4.65. The number of nitrogens with zero attached hydrogens (tertiary/aromatic N) is 1. The topological polar surface area (TPSA) is 12.9 Å². The van der Waals surface area contributed by atoms with Gasteiger partial charge < -0.3 is 0 Å². The molecule has 0 atom stereocenters. The Labute approximate surface area is 125 Å². The lowest BCUT2D eigenvalue weighted by atomic mass is 10.1. The van der Waals surface area contributed by atoms with Gasteiger partial charge in [-0.25, -0.2) is 0 Å². The summed E-state index contributed by atoms with van der Waals surface area (Å²) in [5.74, 6) is 0. The van der Waals surface area contributed by atoms with E-state index >= 15 is 0 Å². The second-order valence-corrected chi connectivity index (χ2v) is 17.7. The molecule has 1 aromatic heterocycles. The first-order valence-corrected chi connectivity index (χ1v) is 14.3. The van der Waals surface area contributed by atoms with Crippen LogP contribution in [0.1, 0.15) is 0 Å². The maximum absolute atomic E-state index is 4.65. The summed E-state index contributed by atoms with van der Waals surface area (Å²) in [6, 6.07) is 13.4. The van der Waals surface area contributed by atoms with Crippen molar-refractivity contribution in [2.45, 2.75) is 39.3 Å². The van der Waals surface area contributed by atoms with Gasteiger partial charge in [0, 0.05) is 11.8 Å². The fraction of sp³-hybridized carbons (Fsp3) is 0.353. The van der Waals surface area contributed by atoms with Crippen LogP contribution in [0.25, 0.3) is 11.3 Å². The van der Waals surface area contributed by atoms with Crippen molar-refractivity contribution in [1.29, 1.82) is 0 Å². The van der Waals surface area contributed by atoms with Gasteiger partial charge in [-0.3, -0.25) is 4.98 Å². The van der Waals surface area contributed by atoms with Crippen LogP contribution in [0, 0.1) is 0 Å². The van der Waals surface area contributed by atoms with Gasteiger partial charge in [-0.05, 0) is 11.3 Å². The standard InChI is InChI=1S/C17H25NSi2/c1-19(2,3)15-9-7-14(8-10-15)17-12-11-16(13-18-17)20(4,5)6/h7-13H,1-6H3. The van der Waals surface area contributed by atoms with Crippen molar-refractivity contribution in [2.75, 3.05) is 0 Å². The fourth-order valence-corrected chi connectivity index (χ4v) is 4.35. The Morgan fingerprint density at radius 1 is 0.650 bits per heavy atom. The van der Waals surface area contributed by atoms with Gasteiger partial charge in [-0.1, -0.05) is 74.8 Å². The van der Waals surface area contributed by atoms with E-state index < -0.39 is 16.1 Å². The maximum Gasteiger partial charge on any atom is 0.0796 e. The normalized spacial score (nSPS) is 12.5. The molecule has 0 saturated heterocycles. The van der Waals surface area contributed by atoms with E-state index in [-0.39, 0.29) is 0 Å². The molecule has 0 radical (unpaired) electrons. The van der Waals surface area contributed by atoms with E-state index in [2.05, 4.69) is 86.9 Å². The van der Waals surface area contributed by atoms with Crippen molar-refractivity contribution in [1.82, 2.24) is 4.98 Å². The minimum Gasteiger partial charge on any atom is -0.256 e. The highest BCUT2D eigenvalue weighted by atomic mass is 28.3. The SMILES string of the molecule is C[Si](C)(C)c1ccc(-c2ccc([Si](C)(C)C)cn2)cc1. The van der Waals surface area contributed by atoms with Gasteiger partial charge in [-0.15, -0.1) is 0 Å². The van der Waals surface area contributed by atoms with Crippen LogP contribution >= 0.6 is 0 Å². The van der Waals surface area contributed by atoms with Crippen LogP contribution in [0.15, 0.2) is 42.6 Å². The van der Waals surface area contributed by atoms with E-state index in [0.29, 0.717) is 0 Å². The summed E-state index contributed by atoms with van der Waals surface area (Å²) < 4.78 is 0. The molecule has 3 heteroatoms. The molecule has 2 rings (SSSR count). The lowest BCUT2D eigenvalue weighted by Crippen LogP contribution is -2.37. The van der Waals surface area contributed by atoms with E-state index in [0.717, 1.165) is 5.69 Å². The molecule has 0 spiro atoms. The Morgan fingerprint density at radius 2 is 1.15 bits per heavy atom. The summed E-state index contributed by atoms with van der Waals surface area (Å²) in [6.45, 7) is 14.2. The third kappa shape index (κ3) is 3.46. The number of benzene rings is 1. The van der Waals surface area contributed by atoms with E-state index in [9.17, 15) is 0 Å². The average molecular weight is 300 g/mol. The Kier molecular flexibility index (Phi) is 4.03. The van der Waals surface area contributed by atoms with Gasteiger partial charge in [-0.2, -0.15) is 0 Å². The second kappa shape index (κ2) is 5.30. The predicted octanol–water partition coefficient (Wildman–Crippen LogP) is 3.84. The summed E-state index contributed by atoms with van der Waals surface area (Å²) in [5.41, 5.74) is 2.29. The Balaban J connectivity index is 2.29. The van der Waals surface area contributed by atoms with E-state index in [1.807, 2.05) is 0 Å². The lowest BCUT2D eigenvalue weighted by Gasteiger charge is -2.17. The molecule has 0 aliphatic heterocycles. The van der Waals surface area contributed by atoms with Gasteiger partial charge in [0.15, 0.2) is 0 Å². The summed E-state index contributed by atoms with van der Waals surface area (Å²) in [6.07, 6.45) is 2.06. The van der Waals surface area contributed by atoms with Crippen LogP contribution in [0.4, 0.5) is 0 Å². The average Bonchev–Trinajstić information content (AvgIpc) is 2.37. The molecule has 2 aromatic rings. The number of hydrogen-bond acceptors (Lipinski definition) is 1. The van der Waals surface area contributed by atoms with Crippen molar-refractivity contribution < 1.29 is 0 Å². The van der Waals surface area contributed by atoms with Crippen LogP contribution in [0.5, 0.6) is 0 Å². The van der Waals surface area contributed by atoms with Crippen LogP contribution in [-0.2, 0) is 0 Å². The zero-order valence-corrected chi connectivity index (χ0v) is 15.5. The molecular weight excluding hydrogens is 274 g/mol. The molecule has 0 unspecified atom stereocenters. The predicted molar refractivity (Wildman–Crippen MR) is 95.6 cm³/mol. The molecule has 106 valence electrons. The fourth-order valence-electron chi connectivity index (χ4n) is 2.15. The molecule has 20 heavy (non-hydrogen) atoms. The summed E-state index contributed by atoms with van der Waals surface area (Å²) in [5, 5.41) is 2.92. The molecule has 1 aromatic carbocycles. The quantitative estimate of drug-likeness (QED) is 0.785. The van der Waals surface area contributed by atoms with Gasteiger partial charge in [0.05, 0.1) is 21.8 Å². The first-order valence-electron chi connectivity index (χ1n) is 7.25. The maximum atomic E-state index is 4.65. The Morgan fingerprint density at radius 3 is 1.55 bits per heavy atom. The minimum atomic E-state index is -1.25. The first-order chi connectivity index (χ1) is 9.18. The van der Waals surface area contributed by atoms with Crippen molar-refractivity contribution in [3.63, 3.8) is 0 Å². The molecule has 0 fully saturated rings. The van der Waals surface area contributed by atoms with Gasteiger partial charge in [0.25, 0.3) is 0 Å². The number of aromatic nitrogens is 1. The van der Waals surface area contributed by atoms with Gasteiger partial charge >= 0.3 is 0 Å². The molecule has 0 amide bonds. The smallest absolute Gasteiger partial charge is 0.0796 e. The minimum absolute atomic E-state index is 1.08. The van der Waals surface area contributed by atoms with E-state index in [1.54, 1.807) is 0 Å². The third-order valence-corrected chi connectivity index (χ3v) is 7.77. The van der Waals surface area contributed by atoms with Crippen LogP contribution in [0.2, 0.25) is 39.3 Å². The molecule has 0 saturated carbocycles. The van der Waals surface area contributed by atoms with Crippen LogP contribution in [0.3, 0.4) is 0 Å². The zero-order valence-electron chi connectivity index (χ0n) is 13.5. The molecule has 0 N–H and O–H groups in total. The largest absolute Gasteiger partial charge is 0.256 e. The highest BCUT2D eigenvalue weighted by Crippen LogP contribution is 2.16. The zero-order chi connectivity index (χ0) is 15.0. The van der Waals surface area contributed by atoms with Crippen molar-refractivity contribution in [2.24, 2.45) is 0 Å². The third-order valence-electron chi connectivity index (χ3n) is 3.68. The molecule has 1 heterocycles. The second-order valence-electron chi connectivity index (χ2n) is 7.51. The lowest BCUT2D eigenvalue weighted by molar-refractivity contribution is 1.34. The molecule has 0 bridgehead atoms. The highest BCUT2D eigenvalue weighted by molar-refractivity contribution is 6.89. The monoisotopic (exact) mass is 299 g/mol. The van der Waals surface area contributed by atoms with E-state index in [1.165, 1.54) is 15.9 Å². The van der Waals surface area contributed by atoms with Crippen molar-refractivity contribution >= 4 is 26.5 Å². The van der Waals surface area contributed by atoms with Crippen LogP contribution in [-0.4, -0.2) is 21.1 Å². The first kappa shape index (κ1) is 15.2. The Hall–Kier alpha value is -1.20. The van der Waals surface area contributed by atoms with E-state index in [4.69, 9.17) is 0 Å². The summed E-state index contributed by atoms with van der Waals surface area (Å²) >= 11 is 0. The van der Waals surface area contributed by atoms with Crippen molar-refractivity contribution in [3.8, 4) is 11.3 Å². The number of hydrogen-bond donors (Lipinski definition) is 0. The number of pyridine rings is 1. The van der Waals surface area contributed by atoms with Gasteiger partial charge in [0.1, 0.15) is 0 Å². The Bertz CT molecular complexity index is 517. The molecule has 0 aliphatic carbocycles. The molecular formula is C17H25NSi2. The summed E-state index contributed by atoms with van der Waals surface area (Å²) in [7, 11) is -2.45.